The van der Waals surface area contributed by atoms with E-state index in [1.54, 1.807) is 22.7 Å². The van der Waals surface area contributed by atoms with E-state index in [-0.39, 0.29) is 11.8 Å². The average molecular weight is 308 g/mol. The predicted octanol–water partition coefficient (Wildman–Crippen LogP) is 3.32. The van der Waals surface area contributed by atoms with Crippen LogP contribution in [-0.4, -0.2) is 16.8 Å². The highest BCUT2D eigenvalue weighted by Crippen LogP contribution is 2.18. The van der Waals surface area contributed by atoms with Crippen LogP contribution in [-0.2, 0) is 17.9 Å². The third-order valence-corrected chi connectivity index (χ3v) is 4.89. The molecule has 0 aromatic carbocycles. The zero-order valence-electron chi connectivity index (χ0n) is 11.8. The maximum absolute atomic E-state index is 12.5. The van der Waals surface area contributed by atoms with Gasteiger partial charge in [-0.25, -0.2) is 0 Å². The topological polar surface area (TPSA) is 46.3 Å². The van der Waals surface area contributed by atoms with Gasteiger partial charge in [0, 0.05) is 9.75 Å². The van der Waals surface area contributed by atoms with E-state index in [4.69, 9.17) is 5.73 Å². The van der Waals surface area contributed by atoms with Crippen LogP contribution in [0.1, 0.15) is 23.6 Å². The third kappa shape index (κ3) is 3.91. The van der Waals surface area contributed by atoms with Crippen molar-refractivity contribution in [3.05, 3.63) is 44.8 Å². The van der Waals surface area contributed by atoms with Gasteiger partial charge >= 0.3 is 0 Å². The Bertz CT molecular complexity index is 484. The fourth-order valence-corrected chi connectivity index (χ4v) is 3.33. The van der Waals surface area contributed by atoms with Crippen molar-refractivity contribution in [1.82, 2.24) is 4.90 Å². The number of carbonyl (C=O) groups is 1. The molecule has 1 atom stereocenters. The standard InChI is InChI=1S/C15H20N2OS2/c1-11(2)14(16)15(18)17(9-12-5-3-7-19-12)10-13-6-4-8-20-13/h3-8,11,14H,9-10,16H2,1-2H3. The second-order valence-corrected chi connectivity index (χ2v) is 7.19. The van der Waals surface area contributed by atoms with Gasteiger partial charge in [-0.1, -0.05) is 26.0 Å². The van der Waals surface area contributed by atoms with E-state index in [0.29, 0.717) is 13.1 Å². The lowest BCUT2D eigenvalue weighted by Gasteiger charge is -2.26. The first-order valence-electron chi connectivity index (χ1n) is 6.67. The quantitative estimate of drug-likeness (QED) is 0.890. The maximum Gasteiger partial charge on any atom is 0.240 e. The summed E-state index contributed by atoms with van der Waals surface area (Å²) in [7, 11) is 0. The smallest absolute Gasteiger partial charge is 0.240 e. The number of carbonyl (C=O) groups excluding carboxylic acids is 1. The lowest BCUT2D eigenvalue weighted by atomic mass is 10.0. The Hall–Kier alpha value is -1.17. The zero-order chi connectivity index (χ0) is 14.5. The van der Waals surface area contributed by atoms with Crippen molar-refractivity contribution in [3.63, 3.8) is 0 Å². The summed E-state index contributed by atoms with van der Waals surface area (Å²) in [4.78, 5) is 16.8. The molecule has 0 saturated heterocycles. The number of thiophene rings is 2. The molecule has 2 aromatic rings. The number of hydrogen-bond donors (Lipinski definition) is 1. The normalized spacial score (nSPS) is 12.6. The van der Waals surface area contributed by atoms with E-state index in [9.17, 15) is 4.79 Å². The lowest BCUT2D eigenvalue weighted by molar-refractivity contribution is -0.134. The minimum atomic E-state index is -0.435. The van der Waals surface area contributed by atoms with Crippen molar-refractivity contribution in [2.45, 2.75) is 33.0 Å². The Morgan fingerprint density at radius 2 is 1.65 bits per heavy atom. The Kier molecular flexibility index (Phi) is 5.34. The molecule has 0 fully saturated rings. The molecule has 1 unspecified atom stereocenters. The molecule has 3 nitrogen and oxygen atoms in total. The first kappa shape index (κ1) is 15.2. The summed E-state index contributed by atoms with van der Waals surface area (Å²) in [6, 6.07) is 7.70. The molecule has 0 aliphatic carbocycles. The summed E-state index contributed by atoms with van der Waals surface area (Å²) in [5.74, 6) is 0.179. The van der Waals surface area contributed by atoms with Gasteiger partial charge in [0.2, 0.25) is 5.91 Å². The summed E-state index contributed by atoms with van der Waals surface area (Å²) < 4.78 is 0. The van der Waals surface area contributed by atoms with Crippen LogP contribution < -0.4 is 5.73 Å². The predicted molar refractivity (Wildman–Crippen MR) is 85.7 cm³/mol. The highest BCUT2D eigenvalue weighted by atomic mass is 32.1. The second-order valence-electron chi connectivity index (χ2n) is 5.12. The first-order chi connectivity index (χ1) is 9.58. The molecular weight excluding hydrogens is 288 g/mol. The molecule has 2 N–H and O–H groups in total. The van der Waals surface area contributed by atoms with Crippen molar-refractivity contribution < 1.29 is 4.79 Å². The molecule has 0 aliphatic rings. The molecule has 20 heavy (non-hydrogen) atoms. The van der Waals surface area contributed by atoms with E-state index in [1.807, 2.05) is 41.6 Å². The SMILES string of the molecule is CC(C)C(N)C(=O)N(Cc1cccs1)Cc1cccs1. The number of rotatable bonds is 6. The molecule has 0 saturated carbocycles. The molecule has 5 heteroatoms. The van der Waals surface area contributed by atoms with Crippen LogP contribution in [0.25, 0.3) is 0 Å². The van der Waals surface area contributed by atoms with E-state index in [0.717, 1.165) is 0 Å². The van der Waals surface area contributed by atoms with Crippen LogP contribution in [0.5, 0.6) is 0 Å². The van der Waals surface area contributed by atoms with Crippen LogP contribution in [0.15, 0.2) is 35.0 Å². The van der Waals surface area contributed by atoms with Crippen LogP contribution in [0, 0.1) is 5.92 Å². The van der Waals surface area contributed by atoms with Crippen molar-refractivity contribution in [1.29, 1.82) is 0 Å². The monoisotopic (exact) mass is 308 g/mol. The molecule has 2 heterocycles. The summed E-state index contributed by atoms with van der Waals surface area (Å²) in [5, 5.41) is 4.07. The lowest BCUT2D eigenvalue weighted by Crippen LogP contribution is -2.45. The Morgan fingerprint density at radius 3 is 2.00 bits per heavy atom. The molecule has 2 rings (SSSR count). The van der Waals surface area contributed by atoms with E-state index in [2.05, 4.69) is 12.1 Å². The van der Waals surface area contributed by atoms with Gasteiger partial charge in [0.1, 0.15) is 0 Å². The van der Waals surface area contributed by atoms with E-state index in [1.165, 1.54) is 9.75 Å². The van der Waals surface area contributed by atoms with Crippen molar-refractivity contribution in [2.75, 3.05) is 0 Å². The van der Waals surface area contributed by atoms with Gasteiger partial charge < -0.3 is 10.6 Å². The van der Waals surface area contributed by atoms with Crippen molar-refractivity contribution in [2.24, 2.45) is 11.7 Å². The van der Waals surface area contributed by atoms with Gasteiger partial charge in [-0.05, 0) is 28.8 Å². The van der Waals surface area contributed by atoms with Crippen LogP contribution in [0.2, 0.25) is 0 Å². The average Bonchev–Trinajstić information content (AvgIpc) is 3.09. The van der Waals surface area contributed by atoms with Gasteiger partial charge in [-0.2, -0.15) is 0 Å². The fourth-order valence-electron chi connectivity index (χ4n) is 1.89. The van der Waals surface area contributed by atoms with Gasteiger partial charge in [0.05, 0.1) is 19.1 Å². The molecular formula is C15H20N2OS2. The van der Waals surface area contributed by atoms with Crippen LogP contribution in [0.3, 0.4) is 0 Å². The van der Waals surface area contributed by atoms with Crippen molar-refractivity contribution in [3.8, 4) is 0 Å². The summed E-state index contributed by atoms with van der Waals surface area (Å²) >= 11 is 3.34. The second kappa shape index (κ2) is 7.02. The molecule has 0 spiro atoms. The van der Waals surface area contributed by atoms with E-state index < -0.39 is 6.04 Å². The van der Waals surface area contributed by atoms with Gasteiger partial charge in [0.25, 0.3) is 0 Å². The Morgan fingerprint density at radius 1 is 1.15 bits per heavy atom. The zero-order valence-corrected chi connectivity index (χ0v) is 13.4. The molecule has 2 aromatic heterocycles. The number of hydrogen-bond acceptors (Lipinski definition) is 4. The van der Waals surface area contributed by atoms with Crippen LogP contribution >= 0.6 is 22.7 Å². The van der Waals surface area contributed by atoms with Crippen LogP contribution in [0.4, 0.5) is 0 Å². The van der Waals surface area contributed by atoms with Crippen molar-refractivity contribution >= 4 is 28.6 Å². The highest BCUT2D eigenvalue weighted by molar-refractivity contribution is 7.10. The third-order valence-electron chi connectivity index (χ3n) is 3.17. The first-order valence-corrected chi connectivity index (χ1v) is 8.43. The molecule has 1 amide bonds. The van der Waals surface area contributed by atoms with Gasteiger partial charge in [-0.15, -0.1) is 22.7 Å². The van der Waals surface area contributed by atoms with Gasteiger partial charge in [0.15, 0.2) is 0 Å². The summed E-state index contributed by atoms with van der Waals surface area (Å²) in [5.41, 5.74) is 6.03. The minimum Gasteiger partial charge on any atom is -0.331 e. The minimum absolute atomic E-state index is 0.0294. The largest absolute Gasteiger partial charge is 0.331 e. The molecule has 108 valence electrons. The number of amides is 1. The Labute approximate surface area is 128 Å². The molecule has 0 aliphatic heterocycles. The van der Waals surface area contributed by atoms with Gasteiger partial charge in [-0.3, -0.25) is 4.79 Å². The molecule has 0 radical (unpaired) electrons. The Balaban J connectivity index is 2.12. The summed E-state index contributed by atoms with van der Waals surface area (Å²) in [6.45, 7) is 5.23. The summed E-state index contributed by atoms with van der Waals surface area (Å²) in [6.07, 6.45) is 0. The van der Waals surface area contributed by atoms with E-state index >= 15 is 0 Å². The fraction of sp³-hybridized carbons (Fsp3) is 0.400. The number of nitrogens with zero attached hydrogens (tertiary/aromatic N) is 1. The maximum atomic E-state index is 12.5. The molecule has 0 bridgehead atoms. The number of nitrogens with two attached hydrogens (primary N) is 1. The highest BCUT2D eigenvalue weighted by Gasteiger charge is 2.24.